The van der Waals surface area contributed by atoms with Crippen molar-refractivity contribution in [3.8, 4) is 0 Å². The molecule has 108 valence electrons. The lowest BCUT2D eigenvalue weighted by Gasteiger charge is -2.38. The lowest BCUT2D eigenvalue weighted by Crippen LogP contribution is -2.50. The van der Waals surface area contributed by atoms with Crippen LogP contribution in [0.2, 0.25) is 0 Å². The average Bonchev–Trinajstić information content (AvgIpc) is 2.90. The molecular formula is C16H23N3O. The maximum atomic E-state index is 9.76. The van der Waals surface area contributed by atoms with Crippen LogP contribution in [0.15, 0.2) is 30.6 Å². The number of imidazole rings is 1. The molecule has 2 heterocycles. The summed E-state index contributed by atoms with van der Waals surface area (Å²) in [5, 5.41) is 13.3. The van der Waals surface area contributed by atoms with E-state index in [4.69, 9.17) is 0 Å². The van der Waals surface area contributed by atoms with E-state index in [9.17, 15) is 5.11 Å². The molecule has 0 unspecified atom stereocenters. The van der Waals surface area contributed by atoms with Crippen molar-refractivity contribution >= 4 is 5.65 Å². The number of aliphatic hydroxyl groups is 1. The molecule has 2 aromatic rings. The topological polar surface area (TPSA) is 49.6 Å². The van der Waals surface area contributed by atoms with Gasteiger partial charge in [-0.05, 0) is 43.7 Å². The molecule has 0 radical (unpaired) electrons. The van der Waals surface area contributed by atoms with Crippen LogP contribution in [0.5, 0.6) is 0 Å². The minimum Gasteiger partial charge on any atom is -0.394 e. The fourth-order valence-electron chi connectivity index (χ4n) is 3.06. The minimum atomic E-state index is -0.109. The van der Waals surface area contributed by atoms with E-state index in [2.05, 4.69) is 23.4 Å². The first-order chi connectivity index (χ1) is 9.71. The third-order valence-electron chi connectivity index (χ3n) is 4.59. The SMILES string of the molecule is CC1CCC(CO)(NCc2cn3ccccc3n2)CC1. The van der Waals surface area contributed by atoms with Gasteiger partial charge < -0.3 is 14.8 Å². The van der Waals surface area contributed by atoms with Gasteiger partial charge in [-0.25, -0.2) is 4.98 Å². The molecule has 3 rings (SSSR count). The van der Waals surface area contributed by atoms with Crippen LogP contribution in [-0.2, 0) is 6.54 Å². The Morgan fingerprint density at radius 3 is 2.90 bits per heavy atom. The predicted octanol–water partition coefficient (Wildman–Crippen LogP) is 2.37. The highest BCUT2D eigenvalue weighted by Gasteiger charge is 2.33. The van der Waals surface area contributed by atoms with Crippen molar-refractivity contribution in [2.75, 3.05) is 6.61 Å². The summed E-state index contributed by atoms with van der Waals surface area (Å²) in [6.07, 6.45) is 8.56. The summed E-state index contributed by atoms with van der Waals surface area (Å²) in [6, 6.07) is 6.01. The van der Waals surface area contributed by atoms with Gasteiger partial charge in [-0.1, -0.05) is 13.0 Å². The summed E-state index contributed by atoms with van der Waals surface area (Å²) in [5.74, 6) is 0.784. The van der Waals surface area contributed by atoms with Gasteiger partial charge in [0.1, 0.15) is 5.65 Å². The average molecular weight is 273 g/mol. The smallest absolute Gasteiger partial charge is 0.137 e. The maximum Gasteiger partial charge on any atom is 0.137 e. The zero-order chi connectivity index (χ0) is 14.0. The van der Waals surface area contributed by atoms with E-state index in [1.807, 2.05) is 28.8 Å². The molecule has 1 aliphatic rings. The molecule has 1 saturated carbocycles. The van der Waals surface area contributed by atoms with Crippen LogP contribution in [0.4, 0.5) is 0 Å². The molecule has 1 fully saturated rings. The number of fused-ring (bicyclic) bond motifs is 1. The zero-order valence-electron chi connectivity index (χ0n) is 12.0. The normalized spacial score (nSPS) is 27.0. The monoisotopic (exact) mass is 273 g/mol. The summed E-state index contributed by atoms with van der Waals surface area (Å²) in [7, 11) is 0. The van der Waals surface area contributed by atoms with Gasteiger partial charge in [-0.3, -0.25) is 0 Å². The fourth-order valence-corrected chi connectivity index (χ4v) is 3.06. The Kier molecular flexibility index (Phi) is 3.76. The number of pyridine rings is 1. The van der Waals surface area contributed by atoms with E-state index in [0.29, 0.717) is 0 Å². The van der Waals surface area contributed by atoms with Crippen LogP contribution in [0.1, 0.15) is 38.3 Å². The third kappa shape index (κ3) is 2.72. The highest BCUT2D eigenvalue weighted by atomic mass is 16.3. The van der Waals surface area contributed by atoms with Gasteiger partial charge in [-0.15, -0.1) is 0 Å². The Morgan fingerprint density at radius 2 is 2.20 bits per heavy atom. The van der Waals surface area contributed by atoms with Crippen molar-refractivity contribution in [3.63, 3.8) is 0 Å². The fraction of sp³-hybridized carbons (Fsp3) is 0.562. The van der Waals surface area contributed by atoms with Crippen molar-refractivity contribution in [2.24, 2.45) is 5.92 Å². The van der Waals surface area contributed by atoms with Gasteiger partial charge in [0.25, 0.3) is 0 Å². The number of rotatable bonds is 4. The number of hydrogen-bond acceptors (Lipinski definition) is 3. The number of nitrogens with one attached hydrogen (secondary N) is 1. The van der Waals surface area contributed by atoms with Crippen molar-refractivity contribution in [1.29, 1.82) is 0 Å². The zero-order valence-corrected chi connectivity index (χ0v) is 12.0. The quantitative estimate of drug-likeness (QED) is 0.899. The number of nitrogens with zero attached hydrogens (tertiary/aromatic N) is 2. The Morgan fingerprint density at radius 1 is 1.40 bits per heavy atom. The van der Waals surface area contributed by atoms with E-state index < -0.39 is 0 Å². The molecule has 0 aromatic carbocycles. The third-order valence-corrected chi connectivity index (χ3v) is 4.59. The van der Waals surface area contributed by atoms with E-state index in [1.165, 1.54) is 12.8 Å². The molecular weight excluding hydrogens is 250 g/mol. The predicted molar refractivity (Wildman–Crippen MR) is 79.5 cm³/mol. The number of aliphatic hydroxyl groups excluding tert-OH is 1. The van der Waals surface area contributed by atoms with E-state index in [1.54, 1.807) is 0 Å². The number of aromatic nitrogens is 2. The lowest BCUT2D eigenvalue weighted by molar-refractivity contribution is 0.104. The molecule has 2 N–H and O–H groups in total. The van der Waals surface area contributed by atoms with Crippen molar-refractivity contribution in [3.05, 3.63) is 36.3 Å². The maximum absolute atomic E-state index is 9.76. The molecule has 2 aromatic heterocycles. The van der Waals surface area contributed by atoms with Crippen LogP contribution in [0, 0.1) is 5.92 Å². The molecule has 20 heavy (non-hydrogen) atoms. The molecule has 0 saturated heterocycles. The van der Waals surface area contributed by atoms with E-state index >= 15 is 0 Å². The number of hydrogen-bond donors (Lipinski definition) is 2. The highest BCUT2D eigenvalue weighted by molar-refractivity contribution is 5.39. The molecule has 4 nitrogen and oxygen atoms in total. The molecule has 4 heteroatoms. The first kappa shape index (κ1) is 13.6. The van der Waals surface area contributed by atoms with Gasteiger partial charge in [0.2, 0.25) is 0 Å². The standard InChI is InChI=1S/C16H23N3O/c1-13-5-7-16(12-20,8-6-13)17-10-14-11-19-9-3-2-4-15(19)18-14/h2-4,9,11,13,17,20H,5-8,10,12H2,1H3. The van der Waals surface area contributed by atoms with Gasteiger partial charge in [0.15, 0.2) is 0 Å². The molecule has 0 bridgehead atoms. The van der Waals surface area contributed by atoms with Gasteiger partial charge >= 0.3 is 0 Å². The summed E-state index contributed by atoms with van der Waals surface area (Å²) in [4.78, 5) is 4.60. The first-order valence-corrected chi connectivity index (χ1v) is 7.49. The Bertz CT molecular complexity index is 537. The van der Waals surface area contributed by atoms with Gasteiger partial charge in [0.05, 0.1) is 12.3 Å². The van der Waals surface area contributed by atoms with Crippen LogP contribution in [0.25, 0.3) is 5.65 Å². The van der Waals surface area contributed by atoms with Crippen molar-refractivity contribution in [1.82, 2.24) is 14.7 Å². The summed E-state index contributed by atoms with van der Waals surface area (Å²) in [5.41, 5.74) is 1.89. The second-order valence-corrected chi connectivity index (χ2v) is 6.17. The second kappa shape index (κ2) is 5.54. The summed E-state index contributed by atoms with van der Waals surface area (Å²) < 4.78 is 2.03. The van der Waals surface area contributed by atoms with Crippen molar-refractivity contribution in [2.45, 2.75) is 44.7 Å². The summed E-state index contributed by atoms with van der Waals surface area (Å²) in [6.45, 7) is 3.23. The second-order valence-electron chi connectivity index (χ2n) is 6.17. The van der Waals surface area contributed by atoms with E-state index in [0.717, 1.165) is 36.6 Å². The molecule has 0 amide bonds. The first-order valence-electron chi connectivity index (χ1n) is 7.49. The van der Waals surface area contributed by atoms with E-state index in [-0.39, 0.29) is 12.1 Å². The Hall–Kier alpha value is -1.39. The van der Waals surface area contributed by atoms with Crippen LogP contribution in [0.3, 0.4) is 0 Å². The van der Waals surface area contributed by atoms with Gasteiger partial charge in [0, 0.05) is 24.5 Å². The van der Waals surface area contributed by atoms with Crippen LogP contribution in [-0.4, -0.2) is 26.6 Å². The lowest BCUT2D eigenvalue weighted by atomic mass is 9.77. The Balaban J connectivity index is 1.68. The molecule has 0 atom stereocenters. The minimum absolute atomic E-state index is 0.109. The largest absolute Gasteiger partial charge is 0.394 e. The Labute approximate surface area is 119 Å². The van der Waals surface area contributed by atoms with Crippen LogP contribution < -0.4 is 5.32 Å². The molecule has 1 aliphatic carbocycles. The summed E-state index contributed by atoms with van der Waals surface area (Å²) >= 11 is 0. The van der Waals surface area contributed by atoms with Gasteiger partial charge in [-0.2, -0.15) is 0 Å². The highest BCUT2D eigenvalue weighted by Crippen LogP contribution is 2.31. The van der Waals surface area contributed by atoms with Crippen molar-refractivity contribution < 1.29 is 5.11 Å². The molecule has 0 spiro atoms. The van der Waals surface area contributed by atoms with Crippen LogP contribution >= 0.6 is 0 Å². The molecule has 0 aliphatic heterocycles.